The van der Waals surface area contributed by atoms with E-state index in [1.165, 1.54) is 25.4 Å². The minimum absolute atomic E-state index is 0.0897. The quantitative estimate of drug-likeness (QED) is 0.639. The summed E-state index contributed by atoms with van der Waals surface area (Å²) in [6.07, 6.45) is -4.15. The second-order valence-electron chi connectivity index (χ2n) is 4.19. The van der Waals surface area contributed by atoms with Crippen LogP contribution in [0.5, 0.6) is 5.75 Å². The molecule has 22 heavy (non-hydrogen) atoms. The van der Waals surface area contributed by atoms with Gasteiger partial charge in [0.2, 0.25) is 0 Å². The predicted molar refractivity (Wildman–Crippen MR) is 66.5 cm³/mol. The van der Waals surface area contributed by atoms with Crippen LogP contribution in [-0.4, -0.2) is 24.1 Å². The van der Waals surface area contributed by atoms with Gasteiger partial charge >= 0.3 is 6.18 Å². The third kappa shape index (κ3) is 2.90. The SMILES string of the molecule is COc1ccnc(-c2ccc(F)c(C(=O)C(F)(F)F)c2F)c1. The third-order valence-electron chi connectivity index (χ3n) is 2.82. The summed E-state index contributed by atoms with van der Waals surface area (Å²) in [5.74, 6) is -5.53. The molecular formula is C14H8F5NO2. The Bertz CT molecular complexity index is 728. The number of halogens is 5. The maximum absolute atomic E-state index is 14.2. The second-order valence-corrected chi connectivity index (χ2v) is 4.19. The molecule has 2 rings (SSSR count). The highest BCUT2D eigenvalue weighted by Gasteiger charge is 2.43. The summed E-state index contributed by atoms with van der Waals surface area (Å²) in [7, 11) is 1.33. The average Bonchev–Trinajstić information content (AvgIpc) is 2.46. The van der Waals surface area contributed by atoms with Gasteiger partial charge in [-0.15, -0.1) is 0 Å². The molecule has 0 aliphatic heterocycles. The number of ketones is 1. The molecule has 1 aromatic carbocycles. The summed E-state index contributed by atoms with van der Waals surface area (Å²) in [5.41, 5.74) is -2.18. The van der Waals surface area contributed by atoms with Crippen LogP contribution in [-0.2, 0) is 0 Å². The van der Waals surface area contributed by atoms with Crippen LogP contribution in [0.1, 0.15) is 10.4 Å². The minimum Gasteiger partial charge on any atom is -0.497 e. The number of ether oxygens (including phenoxy) is 1. The van der Waals surface area contributed by atoms with E-state index >= 15 is 0 Å². The summed E-state index contributed by atoms with van der Waals surface area (Å²) < 4.78 is 69.8. The normalized spacial score (nSPS) is 11.4. The fourth-order valence-corrected chi connectivity index (χ4v) is 1.79. The molecule has 0 amide bonds. The van der Waals surface area contributed by atoms with Crippen molar-refractivity contribution in [2.45, 2.75) is 6.18 Å². The number of methoxy groups -OCH3 is 1. The van der Waals surface area contributed by atoms with Crippen LogP contribution < -0.4 is 4.74 Å². The molecule has 8 heteroatoms. The van der Waals surface area contributed by atoms with E-state index in [1.54, 1.807) is 0 Å². The maximum atomic E-state index is 14.2. The van der Waals surface area contributed by atoms with Crippen LogP contribution >= 0.6 is 0 Å². The highest BCUT2D eigenvalue weighted by molar-refractivity contribution is 6.01. The molecule has 0 saturated heterocycles. The number of pyridine rings is 1. The van der Waals surface area contributed by atoms with Gasteiger partial charge in [0.05, 0.1) is 18.4 Å². The van der Waals surface area contributed by atoms with E-state index < -0.39 is 34.7 Å². The van der Waals surface area contributed by atoms with E-state index in [0.29, 0.717) is 6.07 Å². The maximum Gasteiger partial charge on any atom is 0.455 e. The number of benzene rings is 1. The Balaban J connectivity index is 2.63. The molecule has 0 aliphatic carbocycles. The van der Waals surface area contributed by atoms with Crippen molar-refractivity contribution in [1.82, 2.24) is 4.98 Å². The van der Waals surface area contributed by atoms with Crippen molar-refractivity contribution in [3.63, 3.8) is 0 Å². The molecule has 0 bridgehead atoms. The number of carbonyl (C=O) groups is 1. The van der Waals surface area contributed by atoms with Gasteiger partial charge in [0.25, 0.3) is 5.78 Å². The van der Waals surface area contributed by atoms with Crippen LogP contribution in [0.3, 0.4) is 0 Å². The first-order valence-electron chi connectivity index (χ1n) is 5.85. The standard InChI is InChI=1S/C14H8F5NO2/c1-22-7-4-5-20-10(6-7)8-2-3-9(15)11(12(8)16)13(21)14(17,18)19/h2-6H,1H3. The fourth-order valence-electron chi connectivity index (χ4n) is 1.79. The van der Waals surface area contributed by atoms with Crippen LogP contribution in [0, 0.1) is 11.6 Å². The minimum atomic E-state index is -5.39. The number of Topliss-reactive ketones (excluding diaryl/α,β-unsaturated/α-hetero) is 1. The summed E-state index contributed by atoms with van der Waals surface area (Å²) in [5, 5.41) is 0. The smallest absolute Gasteiger partial charge is 0.455 e. The number of aromatic nitrogens is 1. The first kappa shape index (κ1) is 15.9. The third-order valence-corrected chi connectivity index (χ3v) is 2.82. The zero-order valence-electron chi connectivity index (χ0n) is 11.0. The Labute approximate surface area is 121 Å². The fraction of sp³-hybridized carbons (Fsp3) is 0.143. The van der Waals surface area contributed by atoms with Gasteiger partial charge in [0, 0.05) is 17.8 Å². The molecule has 3 nitrogen and oxygen atoms in total. The Morgan fingerprint density at radius 2 is 1.86 bits per heavy atom. The summed E-state index contributed by atoms with van der Waals surface area (Å²) in [6.45, 7) is 0. The molecule has 0 fully saturated rings. The lowest BCUT2D eigenvalue weighted by Gasteiger charge is -2.11. The second kappa shape index (κ2) is 5.70. The topological polar surface area (TPSA) is 39.2 Å². The molecule has 0 N–H and O–H groups in total. The molecule has 0 atom stereocenters. The zero-order chi connectivity index (χ0) is 16.5. The van der Waals surface area contributed by atoms with Gasteiger partial charge in [-0.05, 0) is 18.2 Å². The van der Waals surface area contributed by atoms with E-state index in [1.807, 2.05) is 0 Å². The summed E-state index contributed by atoms with van der Waals surface area (Å²) in [4.78, 5) is 14.9. The molecule has 0 saturated carbocycles. The van der Waals surface area contributed by atoms with E-state index in [-0.39, 0.29) is 11.4 Å². The van der Waals surface area contributed by atoms with Gasteiger partial charge in [0.1, 0.15) is 17.4 Å². The molecule has 0 spiro atoms. The van der Waals surface area contributed by atoms with E-state index in [4.69, 9.17) is 4.74 Å². The van der Waals surface area contributed by atoms with Crippen molar-refractivity contribution in [2.75, 3.05) is 7.11 Å². The monoisotopic (exact) mass is 317 g/mol. The van der Waals surface area contributed by atoms with Crippen molar-refractivity contribution in [1.29, 1.82) is 0 Å². The molecule has 0 aliphatic rings. The number of alkyl halides is 3. The van der Waals surface area contributed by atoms with Crippen LogP contribution in [0.4, 0.5) is 22.0 Å². The van der Waals surface area contributed by atoms with E-state index in [9.17, 15) is 26.7 Å². The van der Waals surface area contributed by atoms with Crippen molar-refractivity contribution in [3.05, 3.63) is 47.7 Å². The molecule has 0 unspecified atom stereocenters. The predicted octanol–water partition coefficient (Wildman–Crippen LogP) is 3.78. The summed E-state index contributed by atoms with van der Waals surface area (Å²) >= 11 is 0. The Hall–Kier alpha value is -2.51. The van der Waals surface area contributed by atoms with Gasteiger partial charge in [-0.25, -0.2) is 8.78 Å². The van der Waals surface area contributed by atoms with Crippen molar-refractivity contribution in [3.8, 4) is 17.0 Å². The lowest BCUT2D eigenvalue weighted by Crippen LogP contribution is -2.25. The molecule has 1 heterocycles. The number of nitrogens with zero attached hydrogens (tertiary/aromatic N) is 1. The van der Waals surface area contributed by atoms with Gasteiger partial charge in [0.15, 0.2) is 0 Å². The molecule has 2 aromatic rings. The lowest BCUT2D eigenvalue weighted by atomic mass is 10.0. The van der Waals surface area contributed by atoms with Crippen molar-refractivity contribution >= 4 is 5.78 Å². The van der Waals surface area contributed by atoms with Gasteiger partial charge < -0.3 is 4.74 Å². The molecule has 1 aromatic heterocycles. The Morgan fingerprint density at radius 3 is 2.45 bits per heavy atom. The average molecular weight is 317 g/mol. The number of carbonyl (C=O) groups excluding carboxylic acids is 1. The Morgan fingerprint density at radius 1 is 1.18 bits per heavy atom. The molecular weight excluding hydrogens is 309 g/mol. The number of hydrogen-bond donors (Lipinski definition) is 0. The van der Waals surface area contributed by atoms with Crippen molar-refractivity contribution < 1.29 is 31.5 Å². The molecule has 0 radical (unpaired) electrons. The van der Waals surface area contributed by atoms with Crippen LogP contribution in [0.2, 0.25) is 0 Å². The number of hydrogen-bond acceptors (Lipinski definition) is 3. The lowest BCUT2D eigenvalue weighted by molar-refractivity contribution is -0.0890. The van der Waals surface area contributed by atoms with Gasteiger partial charge in [-0.3, -0.25) is 9.78 Å². The van der Waals surface area contributed by atoms with Gasteiger partial charge in [-0.2, -0.15) is 13.2 Å². The highest BCUT2D eigenvalue weighted by atomic mass is 19.4. The van der Waals surface area contributed by atoms with E-state index in [0.717, 1.165) is 6.07 Å². The van der Waals surface area contributed by atoms with E-state index in [2.05, 4.69) is 4.98 Å². The summed E-state index contributed by atoms with van der Waals surface area (Å²) in [6, 6.07) is 4.17. The Kier molecular flexibility index (Phi) is 4.11. The van der Waals surface area contributed by atoms with Crippen LogP contribution in [0.25, 0.3) is 11.3 Å². The van der Waals surface area contributed by atoms with Gasteiger partial charge in [-0.1, -0.05) is 0 Å². The van der Waals surface area contributed by atoms with Crippen LogP contribution in [0.15, 0.2) is 30.5 Å². The zero-order valence-corrected chi connectivity index (χ0v) is 11.0. The first-order chi connectivity index (χ1) is 10.3. The number of rotatable bonds is 3. The highest BCUT2D eigenvalue weighted by Crippen LogP contribution is 2.31. The molecule has 116 valence electrons. The van der Waals surface area contributed by atoms with Crippen molar-refractivity contribution in [2.24, 2.45) is 0 Å². The first-order valence-corrected chi connectivity index (χ1v) is 5.85. The largest absolute Gasteiger partial charge is 0.497 e.